The molecule has 0 aliphatic rings. The molecular weight excluding hydrogens is 344 g/mol. The Balaban J connectivity index is 2.18. The van der Waals surface area contributed by atoms with Gasteiger partial charge in [0.15, 0.2) is 0 Å². The average molecular weight is 366 g/mol. The van der Waals surface area contributed by atoms with Gasteiger partial charge in [-0.25, -0.2) is 10.4 Å². The van der Waals surface area contributed by atoms with Gasteiger partial charge in [0.2, 0.25) is 5.95 Å². The van der Waals surface area contributed by atoms with Gasteiger partial charge in [0.1, 0.15) is 24.4 Å². The summed E-state index contributed by atoms with van der Waals surface area (Å²) in [5.41, 5.74) is 2.74. The number of fused-ring (bicyclic) bond motifs is 1. The second-order valence-electron chi connectivity index (χ2n) is 5.61. The van der Waals surface area contributed by atoms with Gasteiger partial charge >= 0.3 is 0 Å². The Morgan fingerprint density at radius 1 is 1.23 bits per heavy atom. The molecule has 1 aromatic heterocycles. The predicted octanol–water partition coefficient (Wildman–Crippen LogP) is -1.75. The number of aliphatic hydroxyl groups excluding tert-OH is 5. The van der Waals surface area contributed by atoms with E-state index in [1.807, 2.05) is 0 Å². The molecule has 0 saturated carbocycles. The fourth-order valence-corrected chi connectivity index (χ4v) is 2.34. The third kappa shape index (κ3) is 4.23. The topological polar surface area (TPSA) is 160 Å². The Labute approximate surface area is 148 Å². The lowest BCUT2D eigenvalue weighted by Crippen LogP contribution is -2.46. The minimum absolute atomic E-state index is 0.144. The molecule has 0 fully saturated rings. The molecule has 4 atom stereocenters. The van der Waals surface area contributed by atoms with E-state index in [0.29, 0.717) is 17.4 Å². The molecule has 0 saturated heterocycles. The number of hydrogen-bond donors (Lipinski definition) is 6. The predicted molar refractivity (Wildman–Crippen MR) is 94.9 cm³/mol. The number of nitrogens with zero attached hydrogens (tertiary/aromatic N) is 3. The van der Waals surface area contributed by atoms with E-state index >= 15 is 0 Å². The van der Waals surface area contributed by atoms with E-state index in [0.717, 1.165) is 6.21 Å². The maximum Gasteiger partial charge on any atom is 0.262 e. The van der Waals surface area contributed by atoms with Gasteiger partial charge in [-0.15, -0.1) is 0 Å². The van der Waals surface area contributed by atoms with Gasteiger partial charge in [-0.3, -0.25) is 9.36 Å². The summed E-state index contributed by atoms with van der Waals surface area (Å²) in [7, 11) is 0. The van der Waals surface area contributed by atoms with Crippen molar-refractivity contribution in [2.45, 2.75) is 37.9 Å². The molecule has 0 aliphatic carbocycles. The summed E-state index contributed by atoms with van der Waals surface area (Å²) in [5, 5.41) is 51.2. The Morgan fingerprint density at radius 3 is 2.58 bits per heavy atom. The van der Waals surface area contributed by atoms with Crippen LogP contribution in [0.15, 0.2) is 34.2 Å². The summed E-state index contributed by atoms with van der Waals surface area (Å²) in [6, 6.07) is 6.82. The van der Waals surface area contributed by atoms with E-state index in [9.17, 15) is 25.2 Å². The van der Waals surface area contributed by atoms with Crippen molar-refractivity contribution in [2.24, 2.45) is 5.10 Å². The van der Waals surface area contributed by atoms with Gasteiger partial charge in [-0.2, -0.15) is 5.10 Å². The summed E-state index contributed by atoms with van der Waals surface area (Å²) >= 11 is 0. The number of aliphatic hydroxyl groups is 5. The molecule has 0 radical (unpaired) electrons. The number of benzene rings is 1. The van der Waals surface area contributed by atoms with Gasteiger partial charge in [0.25, 0.3) is 5.56 Å². The van der Waals surface area contributed by atoms with Crippen molar-refractivity contribution in [1.82, 2.24) is 9.55 Å². The molecule has 0 aliphatic heterocycles. The van der Waals surface area contributed by atoms with Crippen molar-refractivity contribution in [3.63, 3.8) is 0 Å². The van der Waals surface area contributed by atoms with Crippen molar-refractivity contribution in [3.05, 3.63) is 34.6 Å². The highest BCUT2D eigenvalue weighted by Crippen LogP contribution is 2.11. The number of hydrogen-bond acceptors (Lipinski definition) is 9. The molecule has 1 aromatic carbocycles. The normalized spacial score (nSPS) is 16.5. The minimum atomic E-state index is -1.76. The van der Waals surface area contributed by atoms with Crippen LogP contribution in [0.25, 0.3) is 10.9 Å². The van der Waals surface area contributed by atoms with Crippen LogP contribution in [0.4, 0.5) is 5.95 Å². The quantitative estimate of drug-likeness (QED) is 0.237. The highest BCUT2D eigenvalue weighted by atomic mass is 16.4. The third-order valence-corrected chi connectivity index (χ3v) is 3.85. The standard InChI is InChI=1S/C16H22N4O6/c1-2-20-15(26)9-5-3-4-6-10(9)18-16(20)19-17-7-11(22)13(24)14(25)12(23)8-21/h3-7,11-14,21-25H,2,8H2,1H3,(H,18,19)/b17-7+/t11-,12+,13+,14+/m0/s1. The molecule has 1 heterocycles. The van der Waals surface area contributed by atoms with Crippen LogP contribution in [0.5, 0.6) is 0 Å². The van der Waals surface area contributed by atoms with Gasteiger partial charge in [0.05, 0.1) is 23.7 Å². The number of nitrogens with one attached hydrogen (secondary N) is 1. The lowest BCUT2D eigenvalue weighted by Gasteiger charge is -2.23. The smallest absolute Gasteiger partial charge is 0.262 e. The molecule has 2 aromatic rings. The fourth-order valence-electron chi connectivity index (χ4n) is 2.34. The molecule has 6 N–H and O–H groups in total. The SMILES string of the molecule is CCn1c(N/N=C/[C@H](O)[C@@H](O)[C@H](O)[C@H](O)CO)nc2ccccc2c1=O. The van der Waals surface area contributed by atoms with Gasteiger partial charge in [0, 0.05) is 6.54 Å². The molecule has 2 rings (SSSR count). The zero-order valence-electron chi connectivity index (χ0n) is 14.1. The molecule has 26 heavy (non-hydrogen) atoms. The number of rotatable bonds is 8. The van der Waals surface area contributed by atoms with Gasteiger partial charge in [-0.05, 0) is 19.1 Å². The van der Waals surface area contributed by atoms with Gasteiger partial charge in [-0.1, -0.05) is 12.1 Å². The molecule has 0 unspecified atom stereocenters. The first-order valence-corrected chi connectivity index (χ1v) is 8.02. The Morgan fingerprint density at radius 2 is 1.92 bits per heavy atom. The van der Waals surface area contributed by atoms with Crippen molar-refractivity contribution in [2.75, 3.05) is 12.0 Å². The van der Waals surface area contributed by atoms with Crippen LogP contribution in [0.3, 0.4) is 0 Å². The van der Waals surface area contributed by atoms with Crippen LogP contribution in [-0.2, 0) is 6.54 Å². The monoisotopic (exact) mass is 366 g/mol. The first kappa shape index (κ1) is 19.9. The zero-order chi connectivity index (χ0) is 19.3. The molecule has 0 bridgehead atoms. The van der Waals surface area contributed by atoms with Gasteiger partial charge < -0.3 is 25.5 Å². The van der Waals surface area contributed by atoms with E-state index in [4.69, 9.17) is 5.11 Å². The summed E-state index contributed by atoms with van der Waals surface area (Å²) in [6.45, 7) is 1.32. The summed E-state index contributed by atoms with van der Waals surface area (Å²) in [5.74, 6) is 0.144. The van der Waals surface area contributed by atoms with Crippen molar-refractivity contribution < 1.29 is 25.5 Å². The van der Waals surface area contributed by atoms with Crippen LogP contribution in [-0.4, -0.2) is 72.3 Å². The lowest BCUT2D eigenvalue weighted by molar-refractivity contribution is -0.0999. The van der Waals surface area contributed by atoms with Crippen LogP contribution in [0.1, 0.15) is 6.92 Å². The zero-order valence-corrected chi connectivity index (χ0v) is 14.1. The Hall–Kier alpha value is -2.37. The Kier molecular flexibility index (Phi) is 6.77. The summed E-state index contributed by atoms with van der Waals surface area (Å²) in [6.07, 6.45) is -5.86. The second kappa shape index (κ2) is 8.83. The fraction of sp³-hybridized carbons (Fsp3) is 0.438. The largest absolute Gasteiger partial charge is 0.394 e. The molecule has 10 heteroatoms. The lowest BCUT2D eigenvalue weighted by atomic mass is 10.0. The van der Waals surface area contributed by atoms with Crippen LogP contribution in [0, 0.1) is 0 Å². The molecule has 10 nitrogen and oxygen atoms in total. The van der Waals surface area contributed by atoms with E-state index in [1.165, 1.54) is 4.57 Å². The summed E-state index contributed by atoms with van der Waals surface area (Å²) < 4.78 is 1.35. The van der Waals surface area contributed by atoms with E-state index in [-0.39, 0.29) is 11.5 Å². The second-order valence-corrected chi connectivity index (χ2v) is 5.61. The number of aromatic nitrogens is 2. The van der Waals surface area contributed by atoms with Crippen LogP contribution < -0.4 is 11.0 Å². The Bertz CT molecular complexity index is 824. The van der Waals surface area contributed by atoms with Crippen LogP contribution >= 0.6 is 0 Å². The average Bonchev–Trinajstić information content (AvgIpc) is 2.66. The highest BCUT2D eigenvalue weighted by Gasteiger charge is 2.29. The molecular formula is C16H22N4O6. The molecule has 0 spiro atoms. The first-order chi connectivity index (χ1) is 12.4. The van der Waals surface area contributed by atoms with E-state index in [2.05, 4.69) is 15.5 Å². The summed E-state index contributed by atoms with van der Waals surface area (Å²) in [4.78, 5) is 16.7. The number of hydrazone groups is 1. The molecule has 0 amide bonds. The van der Waals surface area contributed by atoms with Crippen LogP contribution in [0.2, 0.25) is 0 Å². The highest BCUT2D eigenvalue weighted by molar-refractivity contribution is 5.78. The van der Waals surface area contributed by atoms with Crippen molar-refractivity contribution in [3.8, 4) is 0 Å². The first-order valence-electron chi connectivity index (χ1n) is 8.02. The van der Waals surface area contributed by atoms with E-state index < -0.39 is 31.0 Å². The third-order valence-electron chi connectivity index (χ3n) is 3.85. The minimum Gasteiger partial charge on any atom is -0.394 e. The number of para-hydroxylation sites is 1. The number of anilines is 1. The van der Waals surface area contributed by atoms with Crippen molar-refractivity contribution in [1.29, 1.82) is 0 Å². The maximum absolute atomic E-state index is 12.4. The van der Waals surface area contributed by atoms with E-state index in [1.54, 1.807) is 31.2 Å². The van der Waals surface area contributed by atoms with Crippen molar-refractivity contribution >= 4 is 23.1 Å². The maximum atomic E-state index is 12.4. The molecule has 142 valence electrons.